The van der Waals surface area contributed by atoms with Crippen LogP contribution in [0.4, 0.5) is 0 Å². The third-order valence-corrected chi connectivity index (χ3v) is 9.66. The Labute approximate surface area is 166 Å². The Morgan fingerprint density at radius 1 is 0.625 bits per heavy atom. The van der Waals surface area contributed by atoms with E-state index in [1.165, 1.54) is 25.7 Å². The number of hydrogen-bond donors (Lipinski definition) is 0. The molecule has 0 atom stereocenters. The summed E-state index contributed by atoms with van der Waals surface area (Å²) in [6.45, 7) is 4.51. The smallest absolute Gasteiger partial charge is 0.182 e. The molecule has 0 aromatic rings. The van der Waals surface area contributed by atoms with Crippen LogP contribution in [0.1, 0.15) is 39.5 Å². The van der Waals surface area contributed by atoms with E-state index in [-0.39, 0.29) is 40.7 Å². The molecule has 0 saturated carbocycles. The van der Waals surface area contributed by atoms with Crippen LogP contribution in [0, 0.1) is 0 Å². The fourth-order valence-corrected chi connectivity index (χ4v) is 7.18. The second-order valence-corrected chi connectivity index (χ2v) is 11.3. The van der Waals surface area contributed by atoms with Crippen LogP contribution < -0.4 is 0 Å². The van der Waals surface area contributed by atoms with Gasteiger partial charge >= 0.3 is 40.7 Å². The van der Waals surface area contributed by atoms with Crippen LogP contribution in [0.5, 0.6) is 0 Å². The van der Waals surface area contributed by atoms with Gasteiger partial charge in [0, 0.05) is 0 Å². The lowest BCUT2D eigenvalue weighted by atomic mass is 10.3. The van der Waals surface area contributed by atoms with Crippen LogP contribution in [0.25, 0.3) is 0 Å². The molecular weight excluding hydrogens is 313 g/mol. The minimum absolute atomic E-state index is 0.0386. The average Bonchev–Trinajstić information content (AvgIpc) is 3.34. The first-order chi connectivity index (χ1) is 11.7. The Kier molecular flexibility index (Phi) is 7.02. The molecule has 0 radical (unpaired) electrons. The maximum atomic E-state index is 2.30. The molecule has 2 heteroatoms. The van der Waals surface area contributed by atoms with Crippen LogP contribution in [-0.2, 0) is 0 Å². The van der Waals surface area contributed by atoms with E-state index in [1.54, 1.807) is 26.0 Å². The fraction of sp³-hybridized carbons (Fsp3) is 0.273. The summed E-state index contributed by atoms with van der Waals surface area (Å²) in [6.07, 6.45) is 27.5. The Balaban J connectivity index is 0.000000143. The summed E-state index contributed by atoms with van der Waals surface area (Å²) in [5, 5.41) is 0. The zero-order valence-electron chi connectivity index (χ0n) is 15.0. The number of hydrogen-bond acceptors (Lipinski definition) is 0. The summed E-state index contributed by atoms with van der Waals surface area (Å²) in [6, 6.07) is 0. The standard InChI is InChI=1S/2C6H7.2C5H5.2Mg/c2*1-6-4-2-3-5-6;2*1-2-4-5-3-1;;/h2*2,4H,3H2,1H3;2*1-3H,4H2;;. The molecule has 0 aromatic carbocycles. The highest BCUT2D eigenvalue weighted by molar-refractivity contribution is 6.55. The van der Waals surface area contributed by atoms with E-state index < -0.39 is 0 Å². The van der Waals surface area contributed by atoms with E-state index in [0.29, 0.717) is 0 Å². The van der Waals surface area contributed by atoms with Crippen LogP contribution in [0.2, 0.25) is 0 Å². The van der Waals surface area contributed by atoms with Crippen molar-refractivity contribution >= 4 is 40.7 Å². The van der Waals surface area contributed by atoms with Crippen molar-refractivity contribution in [1.82, 2.24) is 0 Å². The molecule has 0 saturated heterocycles. The summed E-state index contributed by atoms with van der Waals surface area (Å²) in [4.78, 5) is 0. The molecule has 24 heavy (non-hydrogen) atoms. The molecule has 4 rings (SSSR count). The van der Waals surface area contributed by atoms with E-state index in [9.17, 15) is 0 Å². The van der Waals surface area contributed by atoms with Crippen molar-refractivity contribution < 1.29 is 0 Å². The molecule has 0 N–H and O–H groups in total. The molecule has 4 aliphatic rings. The van der Waals surface area contributed by atoms with Gasteiger partial charge in [-0.25, -0.2) is 0 Å². The summed E-state index contributed by atoms with van der Waals surface area (Å²) >= 11 is -0.135. The monoisotopic (exact) mass is 336 g/mol. The topological polar surface area (TPSA) is 0 Å². The van der Waals surface area contributed by atoms with Gasteiger partial charge in [-0.1, -0.05) is 71.9 Å². The fourth-order valence-electron chi connectivity index (χ4n) is 3.53. The highest BCUT2D eigenvalue weighted by Gasteiger charge is 2.14. The van der Waals surface area contributed by atoms with Crippen LogP contribution in [0.3, 0.4) is 0 Å². The molecule has 0 aliphatic heterocycles. The average molecular weight is 337 g/mol. The summed E-state index contributed by atoms with van der Waals surface area (Å²) in [7, 11) is 0. The van der Waals surface area contributed by atoms with Crippen LogP contribution in [0.15, 0.2) is 86.7 Å². The van der Waals surface area contributed by atoms with Gasteiger partial charge in [0.2, 0.25) is 0 Å². The zero-order chi connectivity index (χ0) is 16.8. The first kappa shape index (κ1) is 18.2. The summed E-state index contributed by atoms with van der Waals surface area (Å²) in [5.74, 6) is 0. The summed E-state index contributed by atoms with van der Waals surface area (Å²) in [5.41, 5.74) is 3.08. The number of rotatable bonds is 4. The molecular formula is C22H24Mg2. The molecule has 0 heterocycles. The third kappa shape index (κ3) is 5.22. The molecule has 0 amide bonds. The van der Waals surface area contributed by atoms with Crippen molar-refractivity contribution in [3.05, 3.63) is 86.7 Å². The third-order valence-electron chi connectivity index (χ3n) is 5.16. The maximum Gasteiger partial charge on any atom is 0.439 e. The summed E-state index contributed by atoms with van der Waals surface area (Å²) < 4.78 is 6.89. The Hall–Kier alpha value is -0.548. The molecule has 0 fully saturated rings. The largest absolute Gasteiger partial charge is 0.439 e. The quantitative estimate of drug-likeness (QED) is 0.591. The van der Waals surface area contributed by atoms with Crippen molar-refractivity contribution in [2.45, 2.75) is 39.5 Å². The predicted octanol–water partition coefficient (Wildman–Crippen LogP) is 5.54. The molecule has 0 nitrogen and oxygen atoms in total. The second kappa shape index (κ2) is 9.23. The van der Waals surface area contributed by atoms with E-state index in [1.807, 2.05) is 0 Å². The van der Waals surface area contributed by atoms with Crippen molar-refractivity contribution in [3.63, 3.8) is 0 Å². The zero-order valence-corrected chi connectivity index (χ0v) is 17.8. The van der Waals surface area contributed by atoms with Gasteiger partial charge in [0.25, 0.3) is 0 Å². The highest BCUT2D eigenvalue weighted by Crippen LogP contribution is 2.24. The van der Waals surface area contributed by atoms with E-state index in [0.717, 1.165) is 0 Å². The lowest BCUT2D eigenvalue weighted by molar-refractivity contribution is 1.32. The van der Waals surface area contributed by atoms with Gasteiger partial charge in [-0.3, -0.25) is 0 Å². The maximum absolute atomic E-state index is 2.30. The van der Waals surface area contributed by atoms with Gasteiger partial charge in [0.1, 0.15) is 0 Å². The first-order valence-corrected chi connectivity index (χ1v) is 11.9. The van der Waals surface area contributed by atoms with Crippen molar-refractivity contribution in [2.75, 3.05) is 0 Å². The lowest BCUT2D eigenvalue weighted by Crippen LogP contribution is -2.00. The van der Waals surface area contributed by atoms with Crippen molar-refractivity contribution in [3.8, 4) is 0 Å². The molecule has 0 aromatic heterocycles. The number of allylic oxidation sites excluding steroid dienone is 16. The normalized spacial score (nSPS) is 20.2. The Morgan fingerprint density at radius 3 is 1.46 bits per heavy atom. The van der Waals surface area contributed by atoms with Gasteiger partial charge < -0.3 is 0 Å². The molecule has 116 valence electrons. The lowest BCUT2D eigenvalue weighted by Gasteiger charge is -2.05. The van der Waals surface area contributed by atoms with Gasteiger partial charge in [-0.05, 0) is 39.5 Å². The minimum atomic E-state index is -0.0965. The van der Waals surface area contributed by atoms with Gasteiger partial charge in [-0.2, -0.15) is 14.8 Å². The SMILES string of the molecule is C1=CC[C]([Mg][C]2=CC=CC2)=C1.CC1=[C]([Mg][C]2=C(C)C=CC2)CC=C1. The van der Waals surface area contributed by atoms with Gasteiger partial charge in [0.05, 0.1) is 0 Å². The Bertz CT molecular complexity index is 672. The minimum Gasteiger partial charge on any atom is -0.182 e. The van der Waals surface area contributed by atoms with E-state index in [4.69, 9.17) is 0 Å². The molecule has 0 unspecified atom stereocenters. The van der Waals surface area contributed by atoms with Gasteiger partial charge in [-0.15, -0.1) is 0 Å². The van der Waals surface area contributed by atoms with E-state index >= 15 is 0 Å². The Morgan fingerprint density at radius 2 is 1.12 bits per heavy atom. The van der Waals surface area contributed by atoms with Crippen molar-refractivity contribution in [1.29, 1.82) is 0 Å². The molecule has 0 spiro atoms. The second-order valence-electron chi connectivity index (χ2n) is 7.05. The van der Waals surface area contributed by atoms with Crippen LogP contribution in [-0.4, -0.2) is 40.7 Å². The molecule has 0 bridgehead atoms. The first-order valence-electron chi connectivity index (χ1n) is 9.12. The predicted molar refractivity (Wildman–Crippen MR) is 108 cm³/mol. The molecule has 4 aliphatic carbocycles. The van der Waals surface area contributed by atoms with Gasteiger partial charge in [0.15, 0.2) is 0 Å². The van der Waals surface area contributed by atoms with Crippen molar-refractivity contribution in [2.24, 2.45) is 0 Å². The van der Waals surface area contributed by atoms with Crippen LogP contribution >= 0.6 is 0 Å². The van der Waals surface area contributed by atoms with E-state index in [2.05, 4.69) is 74.6 Å². The highest BCUT2D eigenvalue weighted by atomic mass is 24.5.